The van der Waals surface area contributed by atoms with E-state index in [0.717, 1.165) is 4.57 Å². The molecule has 1 heterocycles. The Morgan fingerprint density at radius 3 is 2.65 bits per heavy atom. The number of aromatic nitrogens is 2. The molecule has 4 N–H and O–H groups in total. The van der Waals surface area contributed by atoms with Crippen LogP contribution in [0.3, 0.4) is 0 Å². The number of rotatable bonds is 2. The lowest BCUT2D eigenvalue weighted by Crippen LogP contribution is -2.34. The highest BCUT2D eigenvalue weighted by atomic mass is 16.3. The first kappa shape index (κ1) is 11.5. The maximum Gasteiger partial charge on any atom is 0.330 e. The van der Waals surface area contributed by atoms with Crippen LogP contribution in [-0.2, 0) is 0 Å². The Kier molecular flexibility index (Phi) is 2.80. The predicted octanol–water partition coefficient (Wildman–Crippen LogP) is -0.397. The van der Waals surface area contributed by atoms with E-state index in [0.29, 0.717) is 19.3 Å². The molecule has 2 atom stereocenters. The number of nitrogens with one attached hydrogen (secondary N) is 1. The summed E-state index contributed by atoms with van der Waals surface area (Å²) in [5, 5.41) is 11.9. The third-order valence-electron chi connectivity index (χ3n) is 2.99. The predicted molar refractivity (Wildman–Crippen MR) is 60.1 cm³/mol. The highest BCUT2D eigenvalue weighted by Crippen LogP contribution is 2.31. The first-order chi connectivity index (χ1) is 8.04. The number of hydrogen-bond acceptors (Lipinski definition) is 6. The molecule has 0 radical (unpaired) electrons. The van der Waals surface area contributed by atoms with Crippen molar-refractivity contribution in [3.05, 3.63) is 25.7 Å². The first-order valence-electron chi connectivity index (χ1n) is 5.20. The quantitative estimate of drug-likeness (QED) is 0.605. The number of anilines is 1. The average Bonchev–Trinajstić information content (AvgIpc) is 2.64. The van der Waals surface area contributed by atoms with Gasteiger partial charge in [-0.1, -0.05) is 0 Å². The summed E-state index contributed by atoms with van der Waals surface area (Å²) < 4.78 is 1.12. The molecule has 8 heteroatoms. The van der Waals surface area contributed by atoms with Crippen molar-refractivity contribution in [2.75, 3.05) is 5.73 Å². The van der Waals surface area contributed by atoms with Crippen molar-refractivity contribution < 1.29 is 5.11 Å². The van der Waals surface area contributed by atoms with Gasteiger partial charge in [-0.05, 0) is 24.4 Å². The standard InChI is InChI=1S/C9H12N4O4/c10-7-6(12-17)8(15)11-9(16)13(7)4-1-2-5(14)3-4/h4-5,14H,1-3,10H2,(H,11,15,16). The Hall–Kier alpha value is -1.96. The van der Waals surface area contributed by atoms with Gasteiger partial charge in [-0.3, -0.25) is 14.3 Å². The van der Waals surface area contributed by atoms with E-state index >= 15 is 0 Å². The zero-order valence-corrected chi connectivity index (χ0v) is 8.92. The van der Waals surface area contributed by atoms with Gasteiger partial charge in [0.1, 0.15) is 5.82 Å². The lowest BCUT2D eigenvalue weighted by Gasteiger charge is -2.15. The Morgan fingerprint density at radius 1 is 1.41 bits per heavy atom. The van der Waals surface area contributed by atoms with E-state index in [4.69, 9.17) is 5.73 Å². The molecule has 92 valence electrons. The van der Waals surface area contributed by atoms with Gasteiger partial charge in [0.25, 0.3) is 5.56 Å². The fraction of sp³-hybridized carbons (Fsp3) is 0.556. The van der Waals surface area contributed by atoms with Crippen LogP contribution >= 0.6 is 0 Å². The van der Waals surface area contributed by atoms with E-state index in [-0.39, 0.29) is 11.9 Å². The first-order valence-corrected chi connectivity index (χ1v) is 5.20. The van der Waals surface area contributed by atoms with Crippen molar-refractivity contribution in [2.45, 2.75) is 31.4 Å². The van der Waals surface area contributed by atoms with Gasteiger partial charge in [-0.25, -0.2) is 4.79 Å². The van der Waals surface area contributed by atoms with Crippen LogP contribution in [-0.4, -0.2) is 20.8 Å². The van der Waals surface area contributed by atoms with Crippen LogP contribution in [0.1, 0.15) is 25.3 Å². The highest BCUT2D eigenvalue weighted by molar-refractivity contribution is 5.55. The monoisotopic (exact) mass is 240 g/mol. The summed E-state index contributed by atoms with van der Waals surface area (Å²) in [6.07, 6.45) is 0.995. The highest BCUT2D eigenvalue weighted by Gasteiger charge is 2.28. The molecule has 0 spiro atoms. The topological polar surface area (TPSA) is 131 Å². The molecule has 0 aliphatic heterocycles. The molecule has 17 heavy (non-hydrogen) atoms. The molecular weight excluding hydrogens is 228 g/mol. The number of nitrogen functional groups attached to an aromatic ring is 1. The number of H-pyrrole nitrogens is 1. The summed E-state index contributed by atoms with van der Waals surface area (Å²) in [6, 6.07) is -0.310. The van der Waals surface area contributed by atoms with Crippen LogP contribution in [0, 0.1) is 4.91 Å². The van der Waals surface area contributed by atoms with Gasteiger partial charge >= 0.3 is 5.69 Å². The van der Waals surface area contributed by atoms with Crippen LogP contribution in [0.4, 0.5) is 11.5 Å². The van der Waals surface area contributed by atoms with Crippen LogP contribution in [0.5, 0.6) is 0 Å². The fourth-order valence-corrected chi connectivity index (χ4v) is 2.18. The molecule has 2 unspecified atom stereocenters. The summed E-state index contributed by atoms with van der Waals surface area (Å²) in [5.41, 5.74) is 3.52. The molecule has 1 aromatic rings. The molecule has 0 saturated heterocycles. The van der Waals surface area contributed by atoms with Crippen LogP contribution in [0.2, 0.25) is 0 Å². The molecule has 1 aliphatic carbocycles. The van der Waals surface area contributed by atoms with E-state index in [1.54, 1.807) is 0 Å². The van der Waals surface area contributed by atoms with Crippen molar-refractivity contribution in [3.63, 3.8) is 0 Å². The minimum atomic E-state index is -0.891. The largest absolute Gasteiger partial charge is 0.393 e. The number of nitroso groups, excluding NO2 is 1. The molecular formula is C9H12N4O4. The van der Waals surface area contributed by atoms with E-state index in [1.165, 1.54) is 0 Å². The van der Waals surface area contributed by atoms with Crippen molar-refractivity contribution >= 4 is 11.5 Å². The number of aliphatic hydroxyl groups excluding tert-OH is 1. The Bertz CT molecular complexity index is 561. The molecule has 8 nitrogen and oxygen atoms in total. The zero-order valence-electron chi connectivity index (χ0n) is 8.92. The van der Waals surface area contributed by atoms with E-state index in [9.17, 15) is 19.6 Å². The molecule has 0 aromatic carbocycles. The summed E-state index contributed by atoms with van der Waals surface area (Å²) in [6.45, 7) is 0. The van der Waals surface area contributed by atoms with Crippen LogP contribution < -0.4 is 17.0 Å². The zero-order chi connectivity index (χ0) is 12.6. The minimum Gasteiger partial charge on any atom is -0.393 e. The van der Waals surface area contributed by atoms with Crippen LogP contribution in [0.25, 0.3) is 0 Å². The van der Waals surface area contributed by atoms with Gasteiger partial charge < -0.3 is 10.8 Å². The van der Waals surface area contributed by atoms with Crippen LogP contribution in [0.15, 0.2) is 14.8 Å². The maximum absolute atomic E-state index is 11.6. The lowest BCUT2D eigenvalue weighted by atomic mass is 10.2. The van der Waals surface area contributed by atoms with Gasteiger partial charge in [0, 0.05) is 6.04 Å². The third-order valence-corrected chi connectivity index (χ3v) is 2.99. The number of nitrogens with zero attached hydrogens (tertiary/aromatic N) is 2. The second kappa shape index (κ2) is 4.13. The van der Waals surface area contributed by atoms with E-state index < -0.39 is 23.0 Å². The summed E-state index contributed by atoms with van der Waals surface area (Å²) >= 11 is 0. The Morgan fingerprint density at radius 2 is 2.12 bits per heavy atom. The Labute approximate surface area is 95.1 Å². The second-order valence-corrected chi connectivity index (χ2v) is 4.08. The lowest BCUT2D eigenvalue weighted by molar-refractivity contribution is 0.178. The number of aliphatic hydroxyl groups is 1. The fourth-order valence-electron chi connectivity index (χ4n) is 2.18. The Balaban J connectivity index is 2.58. The van der Waals surface area contributed by atoms with Gasteiger partial charge in [-0.15, -0.1) is 4.91 Å². The summed E-state index contributed by atoms with van der Waals surface area (Å²) in [4.78, 5) is 35.3. The molecule has 1 saturated carbocycles. The van der Waals surface area contributed by atoms with Crippen molar-refractivity contribution in [3.8, 4) is 0 Å². The minimum absolute atomic E-state index is 0.243. The molecule has 1 fully saturated rings. The van der Waals surface area contributed by atoms with E-state index in [1.807, 2.05) is 4.98 Å². The van der Waals surface area contributed by atoms with Gasteiger partial charge in [0.05, 0.1) is 6.10 Å². The number of aromatic amines is 1. The maximum atomic E-state index is 11.6. The number of hydrogen-bond donors (Lipinski definition) is 3. The van der Waals surface area contributed by atoms with E-state index in [2.05, 4.69) is 5.18 Å². The smallest absolute Gasteiger partial charge is 0.330 e. The second-order valence-electron chi connectivity index (χ2n) is 4.08. The van der Waals surface area contributed by atoms with Gasteiger partial charge in [0.15, 0.2) is 0 Å². The van der Waals surface area contributed by atoms with Gasteiger partial charge in [-0.2, -0.15) is 0 Å². The molecule has 2 rings (SSSR count). The molecule has 0 amide bonds. The van der Waals surface area contributed by atoms with Gasteiger partial charge in [0.2, 0.25) is 5.69 Å². The number of nitrogens with two attached hydrogens (primary N) is 1. The normalized spacial score (nSPS) is 23.8. The SMILES string of the molecule is Nc1c(N=O)c(=O)[nH]c(=O)n1C1CCC(O)C1. The molecule has 1 aliphatic rings. The molecule has 1 aromatic heterocycles. The third kappa shape index (κ3) is 1.86. The van der Waals surface area contributed by atoms with Crippen molar-refractivity contribution in [1.29, 1.82) is 0 Å². The van der Waals surface area contributed by atoms with Crippen molar-refractivity contribution in [1.82, 2.24) is 9.55 Å². The summed E-state index contributed by atoms with van der Waals surface area (Å²) in [5.74, 6) is -0.243. The summed E-state index contributed by atoms with van der Waals surface area (Å²) in [7, 11) is 0. The molecule has 0 bridgehead atoms. The van der Waals surface area contributed by atoms with Crippen molar-refractivity contribution in [2.24, 2.45) is 5.18 Å². The average molecular weight is 240 g/mol.